The molecule has 1 atom stereocenters. The maximum absolute atomic E-state index is 13.7. The highest BCUT2D eigenvalue weighted by atomic mass is 19.1. The van der Waals surface area contributed by atoms with Crippen LogP contribution in [0.3, 0.4) is 0 Å². The largest absolute Gasteiger partial charge is 0.491 e. The number of nitrogens with zero attached hydrogens (tertiary/aromatic N) is 1. The Balaban J connectivity index is 2.09. The van der Waals surface area contributed by atoms with Crippen molar-refractivity contribution in [1.82, 2.24) is 4.90 Å². The maximum atomic E-state index is 13.7. The number of carbonyl (C=O) groups is 1. The van der Waals surface area contributed by atoms with Gasteiger partial charge in [-0.05, 0) is 44.2 Å². The van der Waals surface area contributed by atoms with Gasteiger partial charge in [-0.1, -0.05) is 12.1 Å². The van der Waals surface area contributed by atoms with Crippen LogP contribution in [0.5, 0.6) is 5.75 Å². The Hall–Kier alpha value is -2.47. The highest BCUT2D eigenvalue weighted by Gasteiger charge is 2.19. The predicted octanol–water partition coefficient (Wildman–Crippen LogP) is 3.56. The summed E-state index contributed by atoms with van der Waals surface area (Å²) < 4.78 is 32.7. The summed E-state index contributed by atoms with van der Waals surface area (Å²) in [6.45, 7) is 4.63. The summed E-state index contributed by atoms with van der Waals surface area (Å²) in [5, 5.41) is 10.0. The highest BCUT2D eigenvalue weighted by Crippen LogP contribution is 2.22. The van der Waals surface area contributed by atoms with Gasteiger partial charge in [0.05, 0.1) is 5.56 Å². The van der Waals surface area contributed by atoms with Crippen molar-refractivity contribution < 1.29 is 23.4 Å². The quantitative estimate of drug-likeness (QED) is 0.831. The summed E-state index contributed by atoms with van der Waals surface area (Å²) >= 11 is 0. The van der Waals surface area contributed by atoms with Crippen LogP contribution in [0, 0.1) is 11.6 Å². The van der Waals surface area contributed by atoms with Crippen molar-refractivity contribution in [2.45, 2.75) is 20.0 Å². The summed E-state index contributed by atoms with van der Waals surface area (Å²) in [6.07, 6.45) is -1.46. The third kappa shape index (κ3) is 4.54. The average Bonchev–Trinajstić information content (AvgIpc) is 2.61. The molecule has 0 spiro atoms. The van der Waals surface area contributed by atoms with E-state index in [1.54, 1.807) is 29.2 Å². The van der Waals surface area contributed by atoms with E-state index in [2.05, 4.69) is 0 Å². The van der Waals surface area contributed by atoms with Crippen molar-refractivity contribution in [2.75, 3.05) is 19.7 Å². The lowest BCUT2D eigenvalue weighted by atomic mass is 10.1. The highest BCUT2D eigenvalue weighted by molar-refractivity contribution is 5.94. The van der Waals surface area contributed by atoms with E-state index >= 15 is 0 Å². The molecule has 134 valence electrons. The number of carbonyl (C=O) groups excluding carboxylic acids is 1. The van der Waals surface area contributed by atoms with E-state index in [9.17, 15) is 18.7 Å². The fraction of sp³-hybridized carbons (Fsp3) is 0.316. The summed E-state index contributed by atoms with van der Waals surface area (Å²) in [5.41, 5.74) is 0.0191. The van der Waals surface area contributed by atoms with Crippen molar-refractivity contribution in [1.29, 1.82) is 0 Å². The molecule has 0 radical (unpaired) electrons. The monoisotopic (exact) mass is 349 g/mol. The molecule has 1 unspecified atom stereocenters. The standard InChI is InChI=1S/C19H21F2NO3/c1-3-22(4-2)19(24)13-7-5-8-14(11-13)25-12-17(23)18-15(20)9-6-10-16(18)21/h5-11,17,23H,3-4,12H2,1-2H3. The lowest BCUT2D eigenvalue weighted by Gasteiger charge is -2.19. The third-order valence-electron chi connectivity index (χ3n) is 3.87. The molecule has 1 amide bonds. The van der Waals surface area contributed by atoms with Crippen molar-refractivity contribution in [3.63, 3.8) is 0 Å². The topological polar surface area (TPSA) is 49.8 Å². The summed E-state index contributed by atoms with van der Waals surface area (Å²) in [7, 11) is 0. The van der Waals surface area contributed by atoms with Gasteiger partial charge in [-0.2, -0.15) is 0 Å². The number of halogens is 2. The second-order valence-electron chi connectivity index (χ2n) is 5.47. The summed E-state index contributed by atoms with van der Waals surface area (Å²) in [6, 6.07) is 9.86. The number of hydrogen-bond acceptors (Lipinski definition) is 3. The smallest absolute Gasteiger partial charge is 0.253 e. The number of aliphatic hydroxyl groups excluding tert-OH is 1. The molecule has 2 aromatic carbocycles. The van der Waals surface area contributed by atoms with Crippen LogP contribution in [-0.2, 0) is 0 Å². The molecule has 0 bridgehead atoms. The van der Waals surface area contributed by atoms with Gasteiger partial charge in [-0.25, -0.2) is 8.78 Å². The number of benzene rings is 2. The minimum Gasteiger partial charge on any atom is -0.491 e. The molecule has 0 aliphatic rings. The van der Waals surface area contributed by atoms with Gasteiger partial charge in [0.15, 0.2) is 0 Å². The van der Waals surface area contributed by atoms with Crippen LogP contribution in [0.4, 0.5) is 8.78 Å². The average molecular weight is 349 g/mol. The van der Waals surface area contributed by atoms with Gasteiger partial charge in [0, 0.05) is 18.7 Å². The molecule has 2 rings (SSSR count). The van der Waals surface area contributed by atoms with Crippen LogP contribution >= 0.6 is 0 Å². The zero-order valence-corrected chi connectivity index (χ0v) is 14.2. The Morgan fingerprint density at radius 2 is 1.72 bits per heavy atom. The molecule has 0 saturated carbocycles. The number of amides is 1. The maximum Gasteiger partial charge on any atom is 0.253 e. The van der Waals surface area contributed by atoms with Crippen molar-refractivity contribution in [3.05, 3.63) is 65.2 Å². The first-order chi connectivity index (χ1) is 12.0. The first kappa shape index (κ1) is 18.9. The SMILES string of the molecule is CCN(CC)C(=O)c1cccc(OCC(O)c2c(F)cccc2F)c1. The molecule has 0 aliphatic heterocycles. The van der Waals surface area contributed by atoms with Gasteiger partial charge < -0.3 is 14.7 Å². The lowest BCUT2D eigenvalue weighted by molar-refractivity contribution is 0.0772. The lowest BCUT2D eigenvalue weighted by Crippen LogP contribution is -2.30. The van der Waals surface area contributed by atoms with Gasteiger partial charge in [-0.3, -0.25) is 4.79 Å². The Morgan fingerprint density at radius 3 is 2.32 bits per heavy atom. The molecule has 0 heterocycles. The molecule has 4 nitrogen and oxygen atoms in total. The normalized spacial score (nSPS) is 11.9. The van der Waals surface area contributed by atoms with Crippen LogP contribution in [0.25, 0.3) is 0 Å². The molecule has 1 N–H and O–H groups in total. The van der Waals surface area contributed by atoms with E-state index in [-0.39, 0.29) is 12.5 Å². The third-order valence-corrected chi connectivity index (χ3v) is 3.87. The van der Waals surface area contributed by atoms with Crippen molar-refractivity contribution >= 4 is 5.91 Å². The van der Waals surface area contributed by atoms with Gasteiger partial charge in [0.25, 0.3) is 5.91 Å². The van der Waals surface area contributed by atoms with Crippen molar-refractivity contribution in [2.24, 2.45) is 0 Å². The second kappa shape index (κ2) is 8.58. The molecule has 0 fully saturated rings. The van der Waals surface area contributed by atoms with E-state index in [4.69, 9.17) is 4.74 Å². The van der Waals surface area contributed by atoms with Gasteiger partial charge >= 0.3 is 0 Å². The molecule has 25 heavy (non-hydrogen) atoms. The fourth-order valence-electron chi connectivity index (χ4n) is 2.50. The van der Waals surface area contributed by atoms with Gasteiger partial charge in [0.2, 0.25) is 0 Å². The zero-order chi connectivity index (χ0) is 18.4. The predicted molar refractivity (Wildman–Crippen MR) is 90.5 cm³/mol. The van der Waals surface area contributed by atoms with E-state index in [0.717, 1.165) is 12.1 Å². The molecular weight excluding hydrogens is 328 g/mol. The fourth-order valence-corrected chi connectivity index (χ4v) is 2.50. The van der Waals surface area contributed by atoms with E-state index in [0.29, 0.717) is 24.4 Å². The van der Waals surface area contributed by atoms with Crippen LogP contribution in [-0.4, -0.2) is 35.6 Å². The Labute approximate surface area is 145 Å². The Morgan fingerprint density at radius 1 is 1.12 bits per heavy atom. The summed E-state index contributed by atoms with van der Waals surface area (Å²) in [4.78, 5) is 14.0. The first-order valence-corrected chi connectivity index (χ1v) is 8.12. The first-order valence-electron chi connectivity index (χ1n) is 8.12. The van der Waals surface area contributed by atoms with Gasteiger partial charge in [0.1, 0.15) is 30.1 Å². The van der Waals surface area contributed by atoms with Crippen LogP contribution < -0.4 is 4.74 Å². The molecule has 0 saturated heterocycles. The molecule has 0 aromatic heterocycles. The van der Waals surface area contributed by atoms with Gasteiger partial charge in [-0.15, -0.1) is 0 Å². The second-order valence-corrected chi connectivity index (χ2v) is 5.47. The van der Waals surface area contributed by atoms with E-state index in [1.165, 1.54) is 6.07 Å². The number of aliphatic hydroxyl groups is 1. The minimum atomic E-state index is -1.46. The number of hydrogen-bond donors (Lipinski definition) is 1. The van der Waals surface area contributed by atoms with Crippen LogP contribution in [0.1, 0.15) is 35.9 Å². The van der Waals surface area contributed by atoms with E-state index in [1.807, 2.05) is 13.8 Å². The molecule has 2 aromatic rings. The number of rotatable bonds is 7. The van der Waals surface area contributed by atoms with Crippen molar-refractivity contribution in [3.8, 4) is 5.75 Å². The number of ether oxygens (including phenoxy) is 1. The molecule has 0 aliphatic carbocycles. The van der Waals surface area contributed by atoms with Crippen LogP contribution in [0.2, 0.25) is 0 Å². The summed E-state index contributed by atoms with van der Waals surface area (Å²) in [5.74, 6) is -1.45. The minimum absolute atomic E-state index is 0.129. The Bertz CT molecular complexity index is 712. The van der Waals surface area contributed by atoms with Crippen LogP contribution in [0.15, 0.2) is 42.5 Å². The van der Waals surface area contributed by atoms with E-state index < -0.39 is 23.3 Å². The zero-order valence-electron chi connectivity index (χ0n) is 14.2. The Kier molecular flexibility index (Phi) is 6.47. The molecule has 6 heteroatoms. The molecular formula is C19H21F2NO3.